The second kappa shape index (κ2) is 8.32. The lowest BCUT2D eigenvalue weighted by molar-refractivity contribution is -0.150. The van der Waals surface area contributed by atoms with Crippen molar-refractivity contribution in [2.75, 3.05) is 19.7 Å². The fourth-order valence-corrected chi connectivity index (χ4v) is 2.96. The maximum Gasteiger partial charge on any atom is 0.309 e. The number of piperidine rings is 1. The van der Waals surface area contributed by atoms with E-state index in [1.54, 1.807) is 11.0 Å². The Kier molecular flexibility index (Phi) is 6.40. The molecule has 1 fully saturated rings. The highest BCUT2D eigenvalue weighted by Crippen LogP contribution is 2.23. The molecule has 4 heteroatoms. The largest absolute Gasteiger partial charge is 0.466 e. The molecule has 136 valence electrons. The van der Waals surface area contributed by atoms with Crippen LogP contribution in [-0.4, -0.2) is 36.5 Å². The Morgan fingerprint density at radius 1 is 1.16 bits per heavy atom. The van der Waals surface area contributed by atoms with Crippen LogP contribution in [0, 0.1) is 5.92 Å². The number of hydrogen-bond acceptors (Lipinski definition) is 3. The van der Waals surface area contributed by atoms with Crippen molar-refractivity contribution in [2.45, 2.75) is 46.0 Å². The van der Waals surface area contributed by atoms with E-state index in [1.807, 2.05) is 25.1 Å². The van der Waals surface area contributed by atoms with E-state index < -0.39 is 0 Å². The van der Waals surface area contributed by atoms with Gasteiger partial charge in [0.15, 0.2) is 0 Å². The van der Waals surface area contributed by atoms with Crippen molar-refractivity contribution in [3.8, 4) is 0 Å². The zero-order valence-electron chi connectivity index (χ0n) is 15.7. The van der Waals surface area contributed by atoms with Crippen LogP contribution in [0.15, 0.2) is 30.3 Å². The standard InChI is InChI=1S/C21H29NO3/c1-5-25-20(24)17-12-14-22(15-13-17)19(23)11-8-16-6-9-18(10-7-16)21(2,3)4/h6-11,17H,5,12-15H2,1-4H3. The van der Waals surface area contributed by atoms with E-state index in [0.717, 1.165) is 5.56 Å². The van der Waals surface area contributed by atoms with E-state index in [0.29, 0.717) is 32.5 Å². The quantitative estimate of drug-likeness (QED) is 0.617. The van der Waals surface area contributed by atoms with Gasteiger partial charge in [0.1, 0.15) is 0 Å². The van der Waals surface area contributed by atoms with Crippen LogP contribution in [0.3, 0.4) is 0 Å². The minimum Gasteiger partial charge on any atom is -0.466 e. The second-order valence-corrected chi connectivity index (χ2v) is 7.56. The molecule has 25 heavy (non-hydrogen) atoms. The maximum atomic E-state index is 12.3. The third-order valence-electron chi connectivity index (χ3n) is 4.62. The van der Waals surface area contributed by atoms with Gasteiger partial charge in [-0.25, -0.2) is 0 Å². The number of amides is 1. The first kappa shape index (κ1) is 19.2. The van der Waals surface area contributed by atoms with Crippen LogP contribution in [0.2, 0.25) is 0 Å². The summed E-state index contributed by atoms with van der Waals surface area (Å²) < 4.78 is 5.06. The van der Waals surface area contributed by atoms with Crippen molar-refractivity contribution in [2.24, 2.45) is 5.92 Å². The summed E-state index contributed by atoms with van der Waals surface area (Å²) in [7, 11) is 0. The molecular formula is C21H29NO3. The molecule has 1 saturated heterocycles. The molecule has 0 atom stereocenters. The number of hydrogen-bond donors (Lipinski definition) is 0. The highest BCUT2D eigenvalue weighted by Gasteiger charge is 2.27. The Balaban J connectivity index is 1.88. The third kappa shape index (κ3) is 5.45. The van der Waals surface area contributed by atoms with Gasteiger partial charge in [-0.15, -0.1) is 0 Å². The number of benzene rings is 1. The summed E-state index contributed by atoms with van der Waals surface area (Å²) in [5.41, 5.74) is 2.42. The van der Waals surface area contributed by atoms with Crippen molar-refractivity contribution in [3.63, 3.8) is 0 Å². The van der Waals surface area contributed by atoms with Crippen LogP contribution in [0.5, 0.6) is 0 Å². The molecule has 1 heterocycles. The van der Waals surface area contributed by atoms with E-state index in [4.69, 9.17) is 4.74 Å². The topological polar surface area (TPSA) is 46.6 Å². The SMILES string of the molecule is CCOC(=O)C1CCN(C(=O)C=Cc2ccc(C(C)(C)C)cc2)CC1. The zero-order chi connectivity index (χ0) is 18.4. The van der Waals surface area contributed by atoms with Crippen LogP contribution in [0.4, 0.5) is 0 Å². The predicted octanol–water partition coefficient (Wildman–Crippen LogP) is 3.80. The predicted molar refractivity (Wildman–Crippen MR) is 100 cm³/mol. The van der Waals surface area contributed by atoms with E-state index in [9.17, 15) is 9.59 Å². The van der Waals surface area contributed by atoms with Crippen LogP contribution in [0.1, 0.15) is 51.7 Å². The molecule has 0 unspecified atom stereocenters. The number of likely N-dealkylation sites (tertiary alicyclic amines) is 1. The summed E-state index contributed by atoms with van der Waals surface area (Å²) in [6.07, 6.45) is 4.83. The second-order valence-electron chi connectivity index (χ2n) is 7.56. The molecule has 0 aliphatic carbocycles. The molecule has 1 aliphatic rings. The van der Waals surface area contributed by atoms with Crippen molar-refractivity contribution < 1.29 is 14.3 Å². The minimum absolute atomic E-state index is 0.00204. The molecule has 1 aliphatic heterocycles. The number of esters is 1. The van der Waals surface area contributed by atoms with E-state index in [-0.39, 0.29) is 23.2 Å². The highest BCUT2D eigenvalue weighted by molar-refractivity contribution is 5.92. The van der Waals surface area contributed by atoms with Gasteiger partial charge in [-0.1, -0.05) is 45.0 Å². The molecule has 0 saturated carbocycles. The van der Waals surface area contributed by atoms with E-state index in [2.05, 4.69) is 32.9 Å². The van der Waals surface area contributed by atoms with Gasteiger partial charge in [-0.2, -0.15) is 0 Å². The molecule has 0 bridgehead atoms. The van der Waals surface area contributed by atoms with Crippen LogP contribution < -0.4 is 0 Å². The van der Waals surface area contributed by atoms with Gasteiger partial charge >= 0.3 is 5.97 Å². The lowest BCUT2D eigenvalue weighted by atomic mass is 9.87. The summed E-state index contributed by atoms with van der Waals surface area (Å²) in [4.78, 5) is 25.9. The first-order chi connectivity index (χ1) is 11.8. The summed E-state index contributed by atoms with van der Waals surface area (Å²) in [5, 5.41) is 0. The minimum atomic E-state index is -0.135. The summed E-state index contributed by atoms with van der Waals surface area (Å²) in [6.45, 7) is 9.99. The first-order valence-electron chi connectivity index (χ1n) is 9.05. The lowest BCUT2D eigenvalue weighted by Crippen LogP contribution is -2.39. The Morgan fingerprint density at radius 3 is 2.28 bits per heavy atom. The van der Waals surface area contributed by atoms with Gasteiger partial charge in [-0.05, 0) is 42.4 Å². The van der Waals surface area contributed by atoms with Crippen molar-refractivity contribution in [3.05, 3.63) is 41.5 Å². The fraction of sp³-hybridized carbons (Fsp3) is 0.524. The lowest BCUT2D eigenvalue weighted by Gasteiger charge is -2.30. The third-order valence-corrected chi connectivity index (χ3v) is 4.62. The number of carbonyl (C=O) groups is 2. The van der Waals surface area contributed by atoms with Crippen LogP contribution in [0.25, 0.3) is 6.08 Å². The van der Waals surface area contributed by atoms with Gasteiger partial charge in [0, 0.05) is 19.2 Å². The van der Waals surface area contributed by atoms with Gasteiger partial charge in [0.2, 0.25) is 5.91 Å². The Morgan fingerprint density at radius 2 is 1.76 bits per heavy atom. The highest BCUT2D eigenvalue weighted by atomic mass is 16.5. The average molecular weight is 343 g/mol. The van der Waals surface area contributed by atoms with Crippen molar-refractivity contribution in [1.29, 1.82) is 0 Å². The molecule has 1 amide bonds. The monoisotopic (exact) mass is 343 g/mol. The average Bonchev–Trinajstić information content (AvgIpc) is 2.59. The number of nitrogens with zero attached hydrogens (tertiary/aromatic N) is 1. The summed E-state index contributed by atoms with van der Waals surface area (Å²) in [6, 6.07) is 8.29. The molecule has 0 radical (unpaired) electrons. The molecule has 1 aromatic carbocycles. The zero-order valence-corrected chi connectivity index (χ0v) is 15.7. The number of carbonyl (C=O) groups excluding carboxylic acids is 2. The van der Waals surface area contributed by atoms with Gasteiger partial charge < -0.3 is 9.64 Å². The smallest absolute Gasteiger partial charge is 0.309 e. The van der Waals surface area contributed by atoms with E-state index >= 15 is 0 Å². The summed E-state index contributed by atoms with van der Waals surface area (Å²) >= 11 is 0. The molecule has 4 nitrogen and oxygen atoms in total. The molecule has 0 aromatic heterocycles. The molecule has 0 spiro atoms. The molecular weight excluding hydrogens is 314 g/mol. The van der Waals surface area contributed by atoms with Crippen LogP contribution >= 0.6 is 0 Å². The Labute approximate surface area is 150 Å². The molecule has 1 aromatic rings. The van der Waals surface area contributed by atoms with Gasteiger partial charge in [0.25, 0.3) is 0 Å². The van der Waals surface area contributed by atoms with E-state index in [1.165, 1.54) is 5.56 Å². The first-order valence-corrected chi connectivity index (χ1v) is 9.05. The molecule has 0 N–H and O–H groups in total. The fourth-order valence-electron chi connectivity index (χ4n) is 2.96. The number of rotatable bonds is 4. The van der Waals surface area contributed by atoms with Gasteiger partial charge in [-0.3, -0.25) is 9.59 Å². The van der Waals surface area contributed by atoms with Crippen LogP contribution in [-0.2, 0) is 19.7 Å². The maximum absolute atomic E-state index is 12.3. The summed E-state index contributed by atoms with van der Waals surface area (Å²) in [5.74, 6) is -0.204. The molecule has 2 rings (SSSR count). The number of ether oxygens (including phenoxy) is 1. The normalized spacial score (nSPS) is 16.2. The van der Waals surface area contributed by atoms with Crippen molar-refractivity contribution in [1.82, 2.24) is 4.90 Å². The van der Waals surface area contributed by atoms with Crippen molar-refractivity contribution >= 4 is 18.0 Å². The van der Waals surface area contributed by atoms with Gasteiger partial charge in [0.05, 0.1) is 12.5 Å². The Hall–Kier alpha value is -2.10. The Bertz CT molecular complexity index is 618.